The molecule has 0 saturated carbocycles. The fourth-order valence-corrected chi connectivity index (χ4v) is 4.68. The van der Waals surface area contributed by atoms with Gasteiger partial charge in [-0.2, -0.15) is 8.78 Å². The van der Waals surface area contributed by atoms with E-state index < -0.39 is 6.61 Å². The molecule has 2 aromatic rings. The molecule has 1 aromatic heterocycles. The highest BCUT2D eigenvalue weighted by atomic mass is 79.9. The average Bonchev–Trinajstić information content (AvgIpc) is 2.67. The molecule has 1 aromatic carbocycles. The second-order valence-corrected chi connectivity index (χ2v) is 6.94. The summed E-state index contributed by atoms with van der Waals surface area (Å²) in [6, 6.07) is 8.75. The zero-order valence-corrected chi connectivity index (χ0v) is 13.9. The first-order valence-electron chi connectivity index (χ1n) is 5.42. The predicted octanol–water partition coefficient (Wildman–Crippen LogP) is 5.90. The van der Waals surface area contributed by atoms with Crippen molar-refractivity contribution < 1.29 is 13.5 Å². The Labute approximate surface area is 130 Å². The molecule has 0 aliphatic heterocycles. The number of hydrogen-bond donors (Lipinski definition) is 0. The van der Waals surface area contributed by atoms with Crippen molar-refractivity contribution in [2.75, 3.05) is 0 Å². The molecule has 0 spiro atoms. The Balaban J connectivity index is 2.28. The number of thiophene rings is 1. The number of alkyl halides is 3. The molecule has 0 aliphatic rings. The van der Waals surface area contributed by atoms with Crippen LogP contribution < -0.4 is 4.74 Å². The van der Waals surface area contributed by atoms with E-state index in [0.29, 0.717) is 0 Å². The van der Waals surface area contributed by atoms with Gasteiger partial charge < -0.3 is 4.74 Å². The topological polar surface area (TPSA) is 9.23 Å². The second kappa shape index (κ2) is 6.33. The van der Waals surface area contributed by atoms with Crippen LogP contribution in [0.3, 0.4) is 0 Å². The minimum absolute atomic E-state index is 0.0539. The molecule has 0 amide bonds. The van der Waals surface area contributed by atoms with E-state index in [9.17, 15) is 8.78 Å². The molecule has 0 aliphatic carbocycles. The fourth-order valence-electron chi connectivity index (χ4n) is 1.67. The lowest BCUT2D eigenvalue weighted by Crippen LogP contribution is -2.02. The van der Waals surface area contributed by atoms with E-state index >= 15 is 0 Å². The molecule has 2 rings (SSSR count). The molecule has 0 fully saturated rings. The van der Waals surface area contributed by atoms with Crippen LogP contribution in [0, 0.1) is 6.92 Å². The van der Waals surface area contributed by atoms with E-state index in [4.69, 9.17) is 0 Å². The van der Waals surface area contributed by atoms with Crippen molar-refractivity contribution in [3.8, 4) is 5.75 Å². The number of ether oxygens (including phenoxy) is 1. The van der Waals surface area contributed by atoms with Gasteiger partial charge in [-0.05, 0) is 46.6 Å². The minimum atomic E-state index is -2.81. The molecule has 1 unspecified atom stereocenters. The molecule has 0 N–H and O–H groups in total. The van der Waals surface area contributed by atoms with Gasteiger partial charge >= 0.3 is 6.61 Å². The normalized spacial score (nSPS) is 12.7. The molecule has 0 radical (unpaired) electrons. The lowest BCUT2D eigenvalue weighted by Gasteiger charge is -2.11. The van der Waals surface area contributed by atoms with Crippen LogP contribution in [0.1, 0.15) is 20.1 Å². The van der Waals surface area contributed by atoms with Crippen molar-refractivity contribution in [2.45, 2.75) is 18.4 Å². The highest BCUT2D eigenvalue weighted by molar-refractivity contribution is 9.11. The zero-order valence-electron chi connectivity index (χ0n) is 9.87. The molecule has 19 heavy (non-hydrogen) atoms. The Morgan fingerprint density at radius 3 is 2.58 bits per heavy atom. The van der Waals surface area contributed by atoms with Crippen molar-refractivity contribution in [3.05, 3.63) is 50.1 Å². The molecule has 0 bridgehead atoms. The molecule has 0 saturated heterocycles. The largest absolute Gasteiger partial charge is 0.435 e. The first-order valence-corrected chi connectivity index (χ1v) is 7.94. The zero-order chi connectivity index (χ0) is 14.0. The van der Waals surface area contributed by atoms with E-state index in [2.05, 4.69) is 36.6 Å². The number of aryl methyl sites for hydroxylation is 1. The molecular formula is C13H10Br2F2OS. The van der Waals surface area contributed by atoms with Crippen molar-refractivity contribution in [3.63, 3.8) is 0 Å². The van der Waals surface area contributed by atoms with Gasteiger partial charge in [0.2, 0.25) is 0 Å². The fraction of sp³-hybridized carbons (Fsp3) is 0.231. The van der Waals surface area contributed by atoms with E-state index in [0.717, 1.165) is 14.9 Å². The van der Waals surface area contributed by atoms with Crippen LogP contribution >= 0.6 is 43.2 Å². The van der Waals surface area contributed by atoms with Crippen LogP contribution in [0.5, 0.6) is 5.75 Å². The van der Waals surface area contributed by atoms with Crippen molar-refractivity contribution in [2.24, 2.45) is 0 Å². The Hall–Kier alpha value is -0.460. The van der Waals surface area contributed by atoms with Crippen LogP contribution in [-0.2, 0) is 0 Å². The molecule has 1 nitrogen and oxygen atoms in total. The number of halogens is 4. The van der Waals surface area contributed by atoms with Crippen LogP contribution in [0.4, 0.5) is 8.78 Å². The third-order valence-electron chi connectivity index (χ3n) is 2.44. The van der Waals surface area contributed by atoms with Gasteiger partial charge in [0.1, 0.15) is 5.75 Å². The van der Waals surface area contributed by atoms with Crippen molar-refractivity contribution >= 4 is 43.2 Å². The van der Waals surface area contributed by atoms with E-state index in [1.54, 1.807) is 23.5 Å². The summed E-state index contributed by atoms with van der Waals surface area (Å²) in [6.45, 7) is -0.783. The smallest absolute Gasteiger partial charge is 0.387 e. The molecule has 102 valence electrons. The first-order chi connectivity index (χ1) is 8.97. The summed E-state index contributed by atoms with van der Waals surface area (Å²) in [7, 11) is 0. The summed E-state index contributed by atoms with van der Waals surface area (Å²) in [6.07, 6.45) is 0. The summed E-state index contributed by atoms with van der Waals surface area (Å²) in [5.41, 5.74) is 0.876. The summed E-state index contributed by atoms with van der Waals surface area (Å²) >= 11 is 8.75. The Bertz CT molecular complexity index is 572. The third kappa shape index (κ3) is 3.77. The van der Waals surface area contributed by atoms with Gasteiger partial charge in [-0.3, -0.25) is 0 Å². The number of rotatable bonds is 4. The van der Waals surface area contributed by atoms with E-state index in [-0.39, 0.29) is 10.6 Å². The molecule has 1 atom stereocenters. The van der Waals surface area contributed by atoms with Gasteiger partial charge in [0.25, 0.3) is 0 Å². The van der Waals surface area contributed by atoms with E-state index in [1.165, 1.54) is 10.9 Å². The van der Waals surface area contributed by atoms with Crippen LogP contribution in [-0.4, -0.2) is 6.61 Å². The first kappa shape index (κ1) is 14.9. The van der Waals surface area contributed by atoms with Gasteiger partial charge in [-0.1, -0.05) is 28.1 Å². The van der Waals surface area contributed by atoms with Gasteiger partial charge in [0.05, 0.1) is 4.83 Å². The highest BCUT2D eigenvalue weighted by Crippen LogP contribution is 2.41. The molecular weight excluding hydrogens is 402 g/mol. The summed E-state index contributed by atoms with van der Waals surface area (Å²) in [5.74, 6) is 0.168. The average molecular weight is 412 g/mol. The maximum absolute atomic E-state index is 12.2. The lowest BCUT2D eigenvalue weighted by atomic mass is 10.1. The summed E-state index contributed by atoms with van der Waals surface area (Å²) in [5, 5.41) is 0. The summed E-state index contributed by atoms with van der Waals surface area (Å²) < 4.78 is 29.8. The Morgan fingerprint density at radius 1 is 1.26 bits per heavy atom. The van der Waals surface area contributed by atoms with Crippen LogP contribution in [0.2, 0.25) is 0 Å². The van der Waals surface area contributed by atoms with Crippen LogP contribution in [0.15, 0.2) is 34.8 Å². The molecule has 6 heteroatoms. The van der Waals surface area contributed by atoms with Gasteiger partial charge in [-0.15, -0.1) is 11.3 Å². The Morgan fingerprint density at radius 2 is 2.00 bits per heavy atom. The summed E-state index contributed by atoms with van der Waals surface area (Å²) in [4.78, 5) is 2.24. The quantitative estimate of drug-likeness (QED) is 0.568. The third-order valence-corrected chi connectivity index (χ3v) is 5.77. The number of hydrogen-bond acceptors (Lipinski definition) is 2. The van der Waals surface area contributed by atoms with Gasteiger partial charge in [0.15, 0.2) is 0 Å². The number of benzene rings is 1. The van der Waals surface area contributed by atoms with Crippen molar-refractivity contribution in [1.29, 1.82) is 0 Å². The van der Waals surface area contributed by atoms with Gasteiger partial charge in [-0.25, -0.2) is 0 Å². The standard InChI is InChI=1S/C13H10Br2F2OS/c1-7-5-10(14)12(19-7)11(15)8-3-2-4-9(6-8)18-13(16)17/h2-6,11,13H,1H3. The minimum Gasteiger partial charge on any atom is -0.435 e. The highest BCUT2D eigenvalue weighted by Gasteiger charge is 2.17. The van der Waals surface area contributed by atoms with Crippen LogP contribution in [0.25, 0.3) is 0 Å². The monoisotopic (exact) mass is 410 g/mol. The maximum Gasteiger partial charge on any atom is 0.387 e. The Kier molecular flexibility index (Phi) is 4.97. The molecule has 1 heterocycles. The van der Waals surface area contributed by atoms with E-state index in [1.807, 2.05) is 19.1 Å². The lowest BCUT2D eigenvalue weighted by molar-refractivity contribution is -0.0498. The second-order valence-electron chi connectivity index (χ2n) is 3.88. The predicted molar refractivity (Wildman–Crippen MR) is 80.6 cm³/mol. The maximum atomic E-state index is 12.2. The van der Waals surface area contributed by atoms with Gasteiger partial charge in [0, 0.05) is 14.2 Å². The SMILES string of the molecule is Cc1cc(Br)c(C(Br)c2cccc(OC(F)F)c2)s1. The van der Waals surface area contributed by atoms with Crippen molar-refractivity contribution in [1.82, 2.24) is 0 Å².